The van der Waals surface area contributed by atoms with Gasteiger partial charge in [-0.05, 0) is 59.5 Å². The third-order valence-corrected chi connectivity index (χ3v) is 6.48. The quantitative estimate of drug-likeness (QED) is 0.351. The lowest BCUT2D eigenvalue weighted by atomic mass is 9.90. The van der Waals surface area contributed by atoms with Gasteiger partial charge in [-0.25, -0.2) is 0 Å². The number of hydrogen-bond acceptors (Lipinski definition) is 4. The van der Waals surface area contributed by atoms with Gasteiger partial charge >= 0.3 is 0 Å². The first-order chi connectivity index (χ1) is 13.2. The van der Waals surface area contributed by atoms with E-state index in [2.05, 4.69) is 73.2 Å². The Kier molecular flexibility index (Phi) is 4.50. The number of nitrogens with zero attached hydrogens (tertiary/aromatic N) is 1. The topological polar surface area (TPSA) is 34.8 Å². The Morgan fingerprint density at radius 3 is 2.56 bits per heavy atom. The molecule has 0 bridgehead atoms. The van der Waals surface area contributed by atoms with E-state index in [9.17, 15) is 0 Å². The fourth-order valence-electron chi connectivity index (χ4n) is 3.82. The van der Waals surface area contributed by atoms with E-state index in [1.165, 1.54) is 16.7 Å². The van der Waals surface area contributed by atoms with Gasteiger partial charge in [0, 0.05) is 11.0 Å². The maximum absolute atomic E-state index is 5.84. The number of hydrogen-bond donors (Lipinski definition) is 0. The Labute approximate surface area is 174 Å². The number of rotatable bonds is 3. The van der Waals surface area contributed by atoms with Crippen LogP contribution in [0.5, 0.6) is 11.5 Å². The number of alkyl halides is 1. The molecule has 2 aliphatic rings. The zero-order valence-electron chi connectivity index (χ0n) is 14.4. The molecule has 1 aromatic heterocycles. The second-order valence-electron chi connectivity index (χ2n) is 6.76. The molecule has 0 radical (unpaired) electrons. The molecule has 3 heterocycles. The highest BCUT2D eigenvalue weighted by Crippen LogP contribution is 2.45. The van der Waals surface area contributed by atoms with Gasteiger partial charge in [-0.2, -0.15) is 0 Å². The molecule has 0 aliphatic carbocycles. The lowest BCUT2D eigenvalue weighted by Crippen LogP contribution is -2.40. The van der Waals surface area contributed by atoms with Gasteiger partial charge in [0.05, 0.1) is 17.3 Å². The summed E-state index contributed by atoms with van der Waals surface area (Å²) in [6.07, 6.45) is 2.62. The number of fused-ring (bicyclic) bond motifs is 2. The molecule has 138 valence electrons. The molecule has 0 amide bonds. The fourth-order valence-corrected chi connectivity index (χ4v) is 4.82. The Hall–Kier alpha value is -1.76. The Morgan fingerprint density at radius 2 is 1.81 bits per heavy atom. The van der Waals surface area contributed by atoms with E-state index >= 15 is 0 Å². The van der Waals surface area contributed by atoms with Gasteiger partial charge in [-0.3, -0.25) is 4.90 Å². The maximum atomic E-state index is 5.84. The van der Waals surface area contributed by atoms with Crippen LogP contribution >= 0.6 is 31.9 Å². The summed E-state index contributed by atoms with van der Waals surface area (Å²) in [5, 5.41) is 0. The number of halogens is 2. The first-order valence-corrected chi connectivity index (χ1v) is 10.5. The van der Waals surface area contributed by atoms with Crippen LogP contribution in [0.3, 0.4) is 0 Å². The first kappa shape index (κ1) is 17.3. The predicted molar refractivity (Wildman–Crippen MR) is 109 cm³/mol. The molecule has 0 saturated heterocycles. The zero-order valence-corrected chi connectivity index (χ0v) is 17.6. The van der Waals surface area contributed by atoms with Gasteiger partial charge in [-0.15, -0.1) is 0 Å². The van der Waals surface area contributed by atoms with Gasteiger partial charge in [-0.1, -0.05) is 44.0 Å². The Balaban J connectivity index is 1.58. The van der Waals surface area contributed by atoms with Gasteiger partial charge in [0.2, 0.25) is 6.79 Å². The standard InChI is InChI=1S/C21H17Br2NO3/c22-15-5-3-13(4-6-15)11-24-20(23)9-14-8-18-19(27-12-26-18)10-16(14)21(24)17-2-1-7-25-17/h1-8,10,20-21H,9,11-12H2. The van der Waals surface area contributed by atoms with Crippen molar-refractivity contribution in [2.24, 2.45) is 0 Å². The van der Waals surface area contributed by atoms with Gasteiger partial charge in [0.1, 0.15) is 5.76 Å². The molecule has 0 saturated carbocycles. The molecule has 2 aliphatic heterocycles. The maximum Gasteiger partial charge on any atom is 0.231 e. The molecule has 3 aromatic rings. The molecule has 0 fully saturated rings. The summed E-state index contributed by atoms with van der Waals surface area (Å²) in [5.41, 5.74) is 3.72. The molecule has 4 nitrogen and oxygen atoms in total. The van der Waals surface area contributed by atoms with Crippen molar-refractivity contribution in [1.29, 1.82) is 0 Å². The summed E-state index contributed by atoms with van der Waals surface area (Å²) < 4.78 is 18.1. The summed E-state index contributed by atoms with van der Waals surface area (Å²) in [6.45, 7) is 1.09. The highest BCUT2D eigenvalue weighted by Gasteiger charge is 2.37. The Bertz CT molecular complexity index is 956. The van der Waals surface area contributed by atoms with E-state index < -0.39 is 0 Å². The lowest BCUT2D eigenvalue weighted by molar-refractivity contribution is 0.167. The number of furan rings is 1. The number of ether oxygens (including phenoxy) is 2. The van der Waals surface area contributed by atoms with Crippen LogP contribution in [-0.4, -0.2) is 16.6 Å². The van der Waals surface area contributed by atoms with Crippen molar-refractivity contribution in [3.63, 3.8) is 0 Å². The van der Waals surface area contributed by atoms with Crippen LogP contribution in [0.2, 0.25) is 0 Å². The monoisotopic (exact) mass is 489 g/mol. The van der Waals surface area contributed by atoms with Crippen molar-refractivity contribution >= 4 is 31.9 Å². The predicted octanol–water partition coefficient (Wildman–Crippen LogP) is 5.64. The van der Waals surface area contributed by atoms with Crippen molar-refractivity contribution in [2.45, 2.75) is 24.0 Å². The highest BCUT2D eigenvalue weighted by atomic mass is 79.9. The van der Waals surface area contributed by atoms with E-state index in [0.717, 1.165) is 34.7 Å². The van der Waals surface area contributed by atoms with Crippen molar-refractivity contribution in [1.82, 2.24) is 4.90 Å². The summed E-state index contributed by atoms with van der Waals surface area (Å²) in [5.74, 6) is 2.56. The first-order valence-electron chi connectivity index (χ1n) is 8.79. The minimum atomic E-state index is 0.00581. The normalized spacial score (nSPS) is 21.3. The molecule has 27 heavy (non-hydrogen) atoms. The van der Waals surface area contributed by atoms with E-state index in [1.807, 2.05) is 12.1 Å². The van der Waals surface area contributed by atoms with E-state index in [0.29, 0.717) is 0 Å². The van der Waals surface area contributed by atoms with E-state index in [-0.39, 0.29) is 17.8 Å². The average molecular weight is 491 g/mol. The third kappa shape index (κ3) is 3.20. The molecule has 2 unspecified atom stereocenters. The molecular formula is C21H17Br2NO3. The smallest absolute Gasteiger partial charge is 0.231 e. The van der Waals surface area contributed by atoms with E-state index in [4.69, 9.17) is 13.9 Å². The summed E-state index contributed by atoms with van der Waals surface area (Å²) in [7, 11) is 0. The van der Waals surface area contributed by atoms with Crippen LogP contribution in [0.15, 0.2) is 63.7 Å². The molecule has 5 rings (SSSR count). The fraction of sp³-hybridized carbons (Fsp3) is 0.238. The third-order valence-electron chi connectivity index (χ3n) is 5.10. The SMILES string of the molecule is Brc1ccc(CN2C(Br)Cc3cc4c(cc3C2c2ccco2)OCO4)cc1. The van der Waals surface area contributed by atoms with Gasteiger partial charge in [0.15, 0.2) is 11.5 Å². The summed E-state index contributed by atoms with van der Waals surface area (Å²) >= 11 is 7.42. The summed E-state index contributed by atoms with van der Waals surface area (Å²) in [6, 6.07) is 16.7. The van der Waals surface area contributed by atoms with Crippen molar-refractivity contribution in [3.05, 3.63) is 81.7 Å². The molecular weight excluding hydrogens is 474 g/mol. The van der Waals surface area contributed by atoms with Crippen LogP contribution in [0.1, 0.15) is 28.5 Å². The second-order valence-corrected chi connectivity index (χ2v) is 8.73. The minimum Gasteiger partial charge on any atom is -0.467 e. The van der Waals surface area contributed by atoms with Crippen LogP contribution < -0.4 is 9.47 Å². The second kappa shape index (κ2) is 7.00. The number of benzene rings is 2. The van der Waals surface area contributed by atoms with E-state index in [1.54, 1.807) is 6.26 Å². The summed E-state index contributed by atoms with van der Waals surface area (Å²) in [4.78, 5) is 2.61. The molecule has 0 spiro atoms. The van der Waals surface area contributed by atoms with Crippen molar-refractivity contribution in [3.8, 4) is 11.5 Å². The van der Waals surface area contributed by atoms with Gasteiger partial charge in [0.25, 0.3) is 0 Å². The molecule has 2 atom stereocenters. The zero-order chi connectivity index (χ0) is 18.4. The molecule has 0 N–H and O–H groups in total. The van der Waals surface area contributed by atoms with Crippen LogP contribution in [0.4, 0.5) is 0 Å². The van der Waals surface area contributed by atoms with Crippen molar-refractivity contribution in [2.75, 3.05) is 6.79 Å². The largest absolute Gasteiger partial charge is 0.467 e. The highest BCUT2D eigenvalue weighted by molar-refractivity contribution is 9.10. The molecule has 2 aromatic carbocycles. The lowest BCUT2D eigenvalue weighted by Gasteiger charge is -2.40. The minimum absolute atomic E-state index is 0.00581. The van der Waals surface area contributed by atoms with Crippen molar-refractivity contribution < 1.29 is 13.9 Å². The Morgan fingerprint density at radius 1 is 1.04 bits per heavy atom. The molecule has 6 heteroatoms. The average Bonchev–Trinajstić information content (AvgIpc) is 3.34. The van der Waals surface area contributed by atoms with Crippen LogP contribution in [-0.2, 0) is 13.0 Å². The van der Waals surface area contributed by atoms with Gasteiger partial charge < -0.3 is 13.9 Å². The van der Waals surface area contributed by atoms with Crippen LogP contribution in [0, 0.1) is 0 Å². The van der Waals surface area contributed by atoms with Crippen LogP contribution in [0.25, 0.3) is 0 Å².